The normalized spacial score (nSPS) is 10.8. The molecule has 22 heavy (non-hydrogen) atoms. The van der Waals surface area contributed by atoms with Crippen molar-refractivity contribution in [1.82, 2.24) is 14.8 Å². The summed E-state index contributed by atoms with van der Waals surface area (Å²) >= 11 is 3.12. The molecule has 0 aliphatic carbocycles. The van der Waals surface area contributed by atoms with Crippen LogP contribution in [-0.4, -0.2) is 27.8 Å². The first-order valence-corrected chi connectivity index (χ1v) is 8.28. The van der Waals surface area contributed by atoms with Gasteiger partial charge in [0, 0.05) is 7.05 Å². The first-order chi connectivity index (χ1) is 10.7. The Bertz CT molecular complexity index is 777. The molecule has 0 aliphatic heterocycles. The fourth-order valence-electron chi connectivity index (χ4n) is 1.86. The molecule has 0 fully saturated rings. The zero-order chi connectivity index (χ0) is 15.5. The maximum absolute atomic E-state index is 11.3. The van der Waals surface area contributed by atoms with Crippen molar-refractivity contribution in [2.45, 2.75) is 10.9 Å². The molecular formula is C14H13N3O3S2. The summed E-state index contributed by atoms with van der Waals surface area (Å²) in [5, 5.41) is 11.2. The van der Waals surface area contributed by atoms with Gasteiger partial charge in [0.25, 0.3) is 0 Å². The van der Waals surface area contributed by atoms with Gasteiger partial charge in [0.2, 0.25) is 5.76 Å². The first-order valence-electron chi connectivity index (χ1n) is 6.42. The summed E-state index contributed by atoms with van der Waals surface area (Å²) in [7, 11) is 3.25. The number of aromatic nitrogens is 3. The molecule has 0 unspecified atom stereocenters. The number of hydrogen-bond donors (Lipinski definition) is 0. The van der Waals surface area contributed by atoms with Crippen LogP contribution >= 0.6 is 23.1 Å². The van der Waals surface area contributed by atoms with Crippen LogP contribution in [0.5, 0.6) is 0 Å². The Morgan fingerprint density at radius 3 is 3.00 bits per heavy atom. The van der Waals surface area contributed by atoms with Crippen LogP contribution in [0.4, 0.5) is 0 Å². The number of furan rings is 1. The molecule has 0 atom stereocenters. The van der Waals surface area contributed by atoms with Crippen LogP contribution in [0, 0.1) is 0 Å². The summed E-state index contributed by atoms with van der Waals surface area (Å²) in [5.41, 5.74) is 0. The Balaban J connectivity index is 1.69. The van der Waals surface area contributed by atoms with Crippen molar-refractivity contribution in [2.24, 2.45) is 7.05 Å². The van der Waals surface area contributed by atoms with Gasteiger partial charge in [0.05, 0.1) is 17.7 Å². The number of carbonyl (C=O) groups excluding carboxylic acids is 1. The number of hydrogen-bond acceptors (Lipinski definition) is 7. The molecule has 114 valence electrons. The van der Waals surface area contributed by atoms with E-state index < -0.39 is 5.97 Å². The van der Waals surface area contributed by atoms with Gasteiger partial charge >= 0.3 is 5.97 Å². The fraction of sp³-hybridized carbons (Fsp3) is 0.214. The highest BCUT2D eigenvalue weighted by Crippen LogP contribution is 2.28. The average molecular weight is 335 g/mol. The first kappa shape index (κ1) is 14.9. The van der Waals surface area contributed by atoms with Crippen molar-refractivity contribution < 1.29 is 13.9 Å². The second-order valence-electron chi connectivity index (χ2n) is 4.39. The number of rotatable bonds is 5. The van der Waals surface area contributed by atoms with Crippen molar-refractivity contribution in [3.8, 4) is 10.7 Å². The fourth-order valence-corrected chi connectivity index (χ4v) is 3.41. The zero-order valence-corrected chi connectivity index (χ0v) is 13.6. The average Bonchev–Trinajstić information content (AvgIpc) is 3.25. The second kappa shape index (κ2) is 6.37. The standard InChI is InChI=1S/C14H13N3O3S2/c1-17-12(11-4-3-7-21-11)15-16-14(17)22-8-9-5-6-10(20-9)13(18)19-2/h3-7H,8H2,1-2H3. The van der Waals surface area contributed by atoms with Gasteiger partial charge in [0.15, 0.2) is 11.0 Å². The minimum Gasteiger partial charge on any atom is -0.463 e. The molecule has 0 amide bonds. The summed E-state index contributed by atoms with van der Waals surface area (Å²) in [4.78, 5) is 12.4. The summed E-state index contributed by atoms with van der Waals surface area (Å²) in [6.07, 6.45) is 0. The van der Waals surface area contributed by atoms with E-state index in [1.54, 1.807) is 23.5 Å². The van der Waals surface area contributed by atoms with E-state index >= 15 is 0 Å². The lowest BCUT2D eigenvalue weighted by Gasteiger charge is -2.01. The molecule has 0 aliphatic rings. The predicted molar refractivity (Wildman–Crippen MR) is 83.9 cm³/mol. The van der Waals surface area contributed by atoms with E-state index in [4.69, 9.17) is 4.42 Å². The number of thioether (sulfide) groups is 1. The van der Waals surface area contributed by atoms with Gasteiger partial charge in [-0.1, -0.05) is 17.8 Å². The van der Waals surface area contributed by atoms with E-state index in [1.165, 1.54) is 18.9 Å². The van der Waals surface area contributed by atoms with Crippen molar-refractivity contribution in [3.05, 3.63) is 41.2 Å². The number of carbonyl (C=O) groups is 1. The number of ether oxygens (including phenoxy) is 1. The highest BCUT2D eigenvalue weighted by molar-refractivity contribution is 7.98. The maximum atomic E-state index is 11.3. The summed E-state index contributed by atoms with van der Waals surface area (Å²) in [5.74, 6) is 1.82. The van der Waals surface area contributed by atoms with Crippen molar-refractivity contribution >= 4 is 29.1 Å². The molecule has 0 radical (unpaired) electrons. The van der Waals surface area contributed by atoms with Gasteiger partial charge in [-0.05, 0) is 23.6 Å². The number of methoxy groups -OCH3 is 1. The van der Waals surface area contributed by atoms with Crippen LogP contribution < -0.4 is 0 Å². The highest BCUT2D eigenvalue weighted by Gasteiger charge is 2.14. The van der Waals surface area contributed by atoms with Crippen LogP contribution in [0.3, 0.4) is 0 Å². The van der Waals surface area contributed by atoms with Crippen molar-refractivity contribution in [1.29, 1.82) is 0 Å². The van der Waals surface area contributed by atoms with Crippen LogP contribution in [0.15, 0.2) is 39.2 Å². The summed E-state index contributed by atoms with van der Waals surface area (Å²) in [6, 6.07) is 7.36. The minimum atomic E-state index is -0.477. The molecule has 6 nitrogen and oxygen atoms in total. The molecule has 0 aromatic carbocycles. The molecule has 0 N–H and O–H groups in total. The maximum Gasteiger partial charge on any atom is 0.373 e. The second-order valence-corrected chi connectivity index (χ2v) is 6.28. The van der Waals surface area contributed by atoms with Crippen molar-refractivity contribution in [3.63, 3.8) is 0 Å². The van der Waals surface area contributed by atoms with Gasteiger partial charge in [0.1, 0.15) is 5.76 Å². The Hall–Kier alpha value is -2.06. The SMILES string of the molecule is COC(=O)c1ccc(CSc2nnc(-c3cccs3)n2C)o1. The van der Waals surface area contributed by atoms with Crippen LogP contribution in [0.1, 0.15) is 16.3 Å². The lowest BCUT2D eigenvalue weighted by atomic mass is 10.4. The number of nitrogens with zero attached hydrogens (tertiary/aromatic N) is 3. The Morgan fingerprint density at radius 2 is 2.27 bits per heavy atom. The molecule has 8 heteroatoms. The predicted octanol–water partition coefficient (Wildman–Crippen LogP) is 3.22. The molecule has 0 bridgehead atoms. The monoisotopic (exact) mass is 335 g/mol. The highest BCUT2D eigenvalue weighted by atomic mass is 32.2. The summed E-state index contributed by atoms with van der Waals surface area (Å²) < 4.78 is 12.0. The molecule has 3 aromatic heterocycles. The van der Waals surface area contributed by atoms with E-state index in [-0.39, 0.29) is 5.76 Å². The zero-order valence-electron chi connectivity index (χ0n) is 12.0. The smallest absolute Gasteiger partial charge is 0.373 e. The third-order valence-corrected chi connectivity index (χ3v) is 4.88. The molecule has 0 saturated heterocycles. The van der Waals surface area contributed by atoms with Gasteiger partial charge in [-0.25, -0.2) is 4.79 Å². The van der Waals surface area contributed by atoms with Gasteiger partial charge in [-0.3, -0.25) is 0 Å². The summed E-state index contributed by atoms with van der Waals surface area (Å²) in [6.45, 7) is 0. The molecular weight excluding hydrogens is 322 g/mol. The van der Waals surface area contributed by atoms with Gasteiger partial charge < -0.3 is 13.7 Å². The molecule has 0 saturated carbocycles. The Kier molecular flexibility index (Phi) is 4.30. The van der Waals surface area contributed by atoms with E-state index in [0.717, 1.165) is 15.9 Å². The largest absolute Gasteiger partial charge is 0.463 e. The Morgan fingerprint density at radius 1 is 1.41 bits per heavy atom. The minimum absolute atomic E-state index is 0.204. The van der Waals surface area contributed by atoms with Crippen LogP contribution in [-0.2, 0) is 17.5 Å². The lowest BCUT2D eigenvalue weighted by Crippen LogP contribution is -1.98. The van der Waals surface area contributed by atoms with Crippen LogP contribution in [0.2, 0.25) is 0 Å². The molecule has 0 spiro atoms. The van der Waals surface area contributed by atoms with E-state index in [9.17, 15) is 4.79 Å². The van der Waals surface area contributed by atoms with E-state index in [0.29, 0.717) is 11.5 Å². The van der Waals surface area contributed by atoms with E-state index in [1.807, 2.05) is 29.1 Å². The number of thiophene rings is 1. The molecule has 3 rings (SSSR count). The number of esters is 1. The third kappa shape index (κ3) is 2.93. The quantitative estimate of drug-likeness (QED) is 0.527. The third-order valence-electron chi connectivity index (χ3n) is 2.97. The van der Waals surface area contributed by atoms with Crippen LogP contribution in [0.25, 0.3) is 10.7 Å². The van der Waals surface area contributed by atoms with Gasteiger partial charge in [-0.2, -0.15) is 0 Å². The van der Waals surface area contributed by atoms with Gasteiger partial charge in [-0.15, -0.1) is 21.5 Å². The van der Waals surface area contributed by atoms with Crippen molar-refractivity contribution in [2.75, 3.05) is 7.11 Å². The van der Waals surface area contributed by atoms with E-state index in [2.05, 4.69) is 14.9 Å². The lowest BCUT2D eigenvalue weighted by molar-refractivity contribution is 0.0563. The Labute approximate surface area is 135 Å². The molecule has 3 heterocycles. The molecule has 3 aromatic rings. The topological polar surface area (TPSA) is 70.2 Å².